The number of carboxylic acid groups (broad SMARTS) is 1. The molecule has 1 aliphatic rings. The first-order valence-electron chi connectivity index (χ1n) is 7.48. The summed E-state index contributed by atoms with van der Waals surface area (Å²) >= 11 is 0. The molecule has 21 heavy (non-hydrogen) atoms. The number of carbonyl (C=O) groups is 2. The van der Waals surface area contributed by atoms with E-state index in [-0.39, 0.29) is 41.5 Å². The average molecular weight is 307 g/mol. The van der Waals surface area contributed by atoms with E-state index in [1.54, 1.807) is 0 Å². The predicted octanol–water partition coefficient (Wildman–Crippen LogP) is -2.14. The van der Waals surface area contributed by atoms with Gasteiger partial charge in [0.1, 0.15) is 6.10 Å². The summed E-state index contributed by atoms with van der Waals surface area (Å²) in [5.74, 6) is -0.467. The van der Waals surface area contributed by atoms with Crippen LogP contribution in [0.25, 0.3) is 0 Å². The Morgan fingerprint density at radius 3 is 1.81 bits per heavy atom. The maximum atomic E-state index is 11.9. The minimum absolute atomic E-state index is 0. The standard InChI is InChI=1S/C15H27NO4.Na/c1-9(2)5-7-11(8-6-10(3)4)16-14(17)12-13(20-12)15(18)19;/h9-13H,5-8H2,1-4H3,(H,16,17)(H,18,19);/q;+1/p-1/t12-,13-;/m0./s1. The van der Waals surface area contributed by atoms with E-state index >= 15 is 0 Å². The summed E-state index contributed by atoms with van der Waals surface area (Å²) in [4.78, 5) is 22.5. The number of carboxylic acids is 1. The second-order valence-corrected chi connectivity index (χ2v) is 6.44. The largest absolute Gasteiger partial charge is 1.00 e. The maximum absolute atomic E-state index is 11.9. The fourth-order valence-electron chi connectivity index (χ4n) is 2.13. The molecule has 0 aromatic rings. The minimum Gasteiger partial charge on any atom is -0.547 e. The summed E-state index contributed by atoms with van der Waals surface area (Å²) in [6.45, 7) is 8.60. The third-order valence-electron chi connectivity index (χ3n) is 3.51. The monoisotopic (exact) mass is 307 g/mol. The quantitative estimate of drug-likeness (QED) is 0.389. The molecule has 0 saturated carbocycles. The molecule has 0 aromatic carbocycles. The molecular weight excluding hydrogens is 281 g/mol. The molecule has 1 heterocycles. The first kappa shape index (κ1) is 20.9. The molecule has 0 radical (unpaired) electrons. The Labute approximate surface area is 149 Å². The number of nitrogens with one attached hydrogen (secondary N) is 1. The fourth-order valence-corrected chi connectivity index (χ4v) is 2.13. The van der Waals surface area contributed by atoms with Gasteiger partial charge in [-0.15, -0.1) is 0 Å². The Morgan fingerprint density at radius 2 is 1.48 bits per heavy atom. The molecule has 116 valence electrons. The van der Waals surface area contributed by atoms with Gasteiger partial charge in [-0.25, -0.2) is 0 Å². The van der Waals surface area contributed by atoms with E-state index in [1.165, 1.54) is 0 Å². The zero-order valence-electron chi connectivity index (χ0n) is 13.8. The van der Waals surface area contributed by atoms with Gasteiger partial charge in [-0.3, -0.25) is 4.79 Å². The van der Waals surface area contributed by atoms with Crippen LogP contribution in [0.5, 0.6) is 0 Å². The van der Waals surface area contributed by atoms with Crippen LogP contribution in [-0.2, 0) is 14.3 Å². The van der Waals surface area contributed by atoms with Crippen molar-refractivity contribution in [2.75, 3.05) is 0 Å². The van der Waals surface area contributed by atoms with Crippen molar-refractivity contribution in [3.8, 4) is 0 Å². The van der Waals surface area contributed by atoms with Crippen LogP contribution < -0.4 is 40.0 Å². The molecule has 5 nitrogen and oxygen atoms in total. The van der Waals surface area contributed by atoms with Crippen molar-refractivity contribution in [1.82, 2.24) is 5.32 Å². The number of carbonyl (C=O) groups excluding carboxylic acids is 2. The molecule has 0 unspecified atom stereocenters. The van der Waals surface area contributed by atoms with Gasteiger partial charge in [0.2, 0.25) is 0 Å². The van der Waals surface area contributed by atoms with Crippen LogP contribution in [0.15, 0.2) is 0 Å². The van der Waals surface area contributed by atoms with Gasteiger partial charge in [-0.2, -0.15) is 0 Å². The Balaban J connectivity index is 0.00000400. The van der Waals surface area contributed by atoms with E-state index < -0.39 is 18.2 Å². The molecule has 1 saturated heterocycles. The number of hydrogen-bond acceptors (Lipinski definition) is 4. The van der Waals surface area contributed by atoms with E-state index in [0.29, 0.717) is 11.8 Å². The second-order valence-electron chi connectivity index (χ2n) is 6.44. The van der Waals surface area contributed by atoms with Crippen molar-refractivity contribution in [3.05, 3.63) is 0 Å². The van der Waals surface area contributed by atoms with Crippen molar-refractivity contribution in [1.29, 1.82) is 0 Å². The van der Waals surface area contributed by atoms with Gasteiger partial charge in [0.05, 0.1) is 5.97 Å². The van der Waals surface area contributed by atoms with E-state index in [2.05, 4.69) is 33.0 Å². The molecular formula is C15H26NNaO4. The number of aliphatic carboxylic acids is 1. The smallest absolute Gasteiger partial charge is 0.547 e. The molecule has 6 heteroatoms. The molecule has 0 aromatic heterocycles. The van der Waals surface area contributed by atoms with Crippen LogP contribution in [0.3, 0.4) is 0 Å². The molecule has 1 aliphatic heterocycles. The molecule has 0 aliphatic carbocycles. The molecule has 1 N–H and O–H groups in total. The molecule has 1 fully saturated rings. The third kappa shape index (κ3) is 8.19. The summed E-state index contributed by atoms with van der Waals surface area (Å²) < 4.78 is 4.82. The summed E-state index contributed by atoms with van der Waals surface area (Å²) in [7, 11) is 0. The summed E-state index contributed by atoms with van der Waals surface area (Å²) in [5, 5.41) is 13.5. The van der Waals surface area contributed by atoms with Gasteiger partial charge in [-0.05, 0) is 37.5 Å². The third-order valence-corrected chi connectivity index (χ3v) is 3.51. The van der Waals surface area contributed by atoms with Gasteiger partial charge in [0.15, 0.2) is 6.10 Å². The summed E-state index contributed by atoms with van der Waals surface area (Å²) in [6.07, 6.45) is 1.99. The Morgan fingerprint density at radius 1 is 1.00 bits per heavy atom. The second kappa shape index (κ2) is 9.82. The van der Waals surface area contributed by atoms with Gasteiger partial charge >= 0.3 is 29.6 Å². The number of amides is 1. The van der Waals surface area contributed by atoms with Crippen LogP contribution in [0, 0.1) is 11.8 Å². The normalized spacial score (nSPS) is 20.5. The Hall–Kier alpha value is -0.100. The first-order valence-corrected chi connectivity index (χ1v) is 7.48. The van der Waals surface area contributed by atoms with E-state index in [9.17, 15) is 14.7 Å². The molecule has 2 atom stereocenters. The Bertz CT molecular complexity index is 335. The van der Waals surface area contributed by atoms with Gasteiger partial charge in [0.25, 0.3) is 5.91 Å². The fraction of sp³-hybridized carbons (Fsp3) is 0.867. The SMILES string of the molecule is CC(C)CCC(CCC(C)C)NC(=O)[C@H]1O[C@@H]1C(=O)[O-].[Na+]. The van der Waals surface area contributed by atoms with E-state index in [1.807, 2.05) is 0 Å². The van der Waals surface area contributed by atoms with E-state index in [0.717, 1.165) is 25.7 Å². The predicted molar refractivity (Wildman–Crippen MR) is 73.7 cm³/mol. The first-order chi connectivity index (χ1) is 9.31. The molecule has 1 amide bonds. The van der Waals surface area contributed by atoms with Crippen LogP contribution >= 0.6 is 0 Å². The zero-order valence-corrected chi connectivity index (χ0v) is 15.8. The van der Waals surface area contributed by atoms with Crippen LogP contribution in [0.2, 0.25) is 0 Å². The number of ether oxygens (including phenoxy) is 1. The minimum atomic E-state index is -1.31. The zero-order chi connectivity index (χ0) is 15.3. The van der Waals surface area contributed by atoms with Crippen LogP contribution in [0.1, 0.15) is 53.4 Å². The van der Waals surface area contributed by atoms with Crippen molar-refractivity contribution in [3.63, 3.8) is 0 Å². The topological polar surface area (TPSA) is 81.8 Å². The number of hydrogen-bond donors (Lipinski definition) is 1. The van der Waals surface area contributed by atoms with Gasteiger partial charge in [0, 0.05) is 6.04 Å². The van der Waals surface area contributed by atoms with Crippen molar-refractivity contribution in [2.24, 2.45) is 11.8 Å². The number of rotatable bonds is 9. The van der Waals surface area contributed by atoms with Crippen molar-refractivity contribution >= 4 is 11.9 Å². The summed E-state index contributed by atoms with van der Waals surface area (Å²) in [6, 6.07) is 0.0962. The Kier molecular flexibility index (Phi) is 9.78. The van der Waals surface area contributed by atoms with Crippen molar-refractivity contribution in [2.45, 2.75) is 71.6 Å². The average Bonchev–Trinajstić information content (AvgIpc) is 3.12. The van der Waals surface area contributed by atoms with E-state index in [4.69, 9.17) is 4.74 Å². The van der Waals surface area contributed by atoms with Crippen LogP contribution in [0.4, 0.5) is 0 Å². The van der Waals surface area contributed by atoms with Crippen molar-refractivity contribution < 1.29 is 49.0 Å². The maximum Gasteiger partial charge on any atom is 1.00 e. The van der Waals surface area contributed by atoms with Gasteiger partial charge in [-0.1, -0.05) is 27.7 Å². The molecule has 1 rings (SSSR count). The molecule has 0 spiro atoms. The molecule has 0 bridgehead atoms. The number of epoxide rings is 1. The van der Waals surface area contributed by atoms with Gasteiger partial charge < -0.3 is 20.0 Å². The van der Waals surface area contributed by atoms with Crippen LogP contribution in [-0.4, -0.2) is 30.1 Å². The summed E-state index contributed by atoms with van der Waals surface area (Å²) in [5.41, 5.74) is 0.